The minimum absolute atomic E-state index is 0.558. The summed E-state index contributed by atoms with van der Waals surface area (Å²) in [7, 11) is 0. The standard InChI is InChI=1S/C20H15N7/c1-2-15-10-22-20(26-19(15)9-14(1)16-11-23-24-12-16)25-17-3-5-18(6-4-17)27-8-7-21-13-27/h1-13H,(H,23,24)(H,22,25,26). The largest absolute Gasteiger partial charge is 0.324 e. The van der Waals surface area contributed by atoms with Gasteiger partial charge in [0.25, 0.3) is 0 Å². The van der Waals surface area contributed by atoms with Crippen LogP contribution < -0.4 is 5.32 Å². The Labute approximate surface area is 154 Å². The van der Waals surface area contributed by atoms with Crippen molar-refractivity contribution in [1.82, 2.24) is 29.7 Å². The van der Waals surface area contributed by atoms with Crippen LogP contribution in [-0.4, -0.2) is 29.7 Å². The van der Waals surface area contributed by atoms with Gasteiger partial charge in [-0.25, -0.2) is 15.0 Å². The molecule has 0 unspecified atom stereocenters. The summed E-state index contributed by atoms with van der Waals surface area (Å²) in [6, 6.07) is 14.1. The molecule has 2 aromatic carbocycles. The molecule has 0 amide bonds. The second-order valence-corrected chi connectivity index (χ2v) is 6.10. The molecule has 5 rings (SSSR count). The van der Waals surface area contributed by atoms with E-state index in [1.807, 2.05) is 65.6 Å². The number of hydrogen-bond acceptors (Lipinski definition) is 5. The number of rotatable bonds is 4. The topological polar surface area (TPSA) is 84.3 Å². The fourth-order valence-electron chi connectivity index (χ4n) is 2.93. The zero-order valence-electron chi connectivity index (χ0n) is 14.2. The maximum atomic E-state index is 4.65. The van der Waals surface area contributed by atoms with Gasteiger partial charge in [0.15, 0.2) is 0 Å². The normalized spacial score (nSPS) is 11.0. The Morgan fingerprint density at radius 1 is 0.963 bits per heavy atom. The summed E-state index contributed by atoms with van der Waals surface area (Å²) >= 11 is 0. The fraction of sp³-hybridized carbons (Fsp3) is 0. The van der Waals surface area contributed by atoms with Crippen LogP contribution in [0.5, 0.6) is 0 Å². The number of benzene rings is 2. The summed E-state index contributed by atoms with van der Waals surface area (Å²) in [5.41, 5.74) is 4.93. The van der Waals surface area contributed by atoms with Gasteiger partial charge in [-0.05, 0) is 35.9 Å². The average Bonchev–Trinajstić information content (AvgIpc) is 3.42. The molecule has 0 radical (unpaired) electrons. The molecule has 7 nitrogen and oxygen atoms in total. The molecule has 0 aliphatic heterocycles. The molecule has 27 heavy (non-hydrogen) atoms. The van der Waals surface area contributed by atoms with Crippen molar-refractivity contribution >= 4 is 22.5 Å². The first-order chi connectivity index (χ1) is 13.3. The van der Waals surface area contributed by atoms with Gasteiger partial charge in [-0.1, -0.05) is 12.1 Å². The molecule has 3 aromatic heterocycles. The molecule has 0 aliphatic carbocycles. The van der Waals surface area contributed by atoms with Crippen molar-refractivity contribution in [1.29, 1.82) is 0 Å². The predicted molar refractivity (Wildman–Crippen MR) is 104 cm³/mol. The maximum absolute atomic E-state index is 4.65. The van der Waals surface area contributed by atoms with Crippen molar-refractivity contribution in [2.24, 2.45) is 0 Å². The summed E-state index contributed by atoms with van der Waals surface area (Å²) < 4.78 is 1.95. The summed E-state index contributed by atoms with van der Waals surface area (Å²) in [4.78, 5) is 13.1. The van der Waals surface area contributed by atoms with Gasteiger partial charge in [-0.15, -0.1) is 0 Å². The minimum atomic E-state index is 0.558. The Kier molecular flexibility index (Phi) is 3.61. The first-order valence-electron chi connectivity index (χ1n) is 8.46. The Bertz CT molecular complexity index is 1180. The zero-order valence-corrected chi connectivity index (χ0v) is 14.2. The van der Waals surface area contributed by atoms with E-state index in [1.54, 1.807) is 18.7 Å². The van der Waals surface area contributed by atoms with Crippen LogP contribution >= 0.6 is 0 Å². The van der Waals surface area contributed by atoms with Crippen LogP contribution in [0.3, 0.4) is 0 Å². The number of nitrogens with one attached hydrogen (secondary N) is 2. The van der Waals surface area contributed by atoms with Crippen LogP contribution in [-0.2, 0) is 0 Å². The van der Waals surface area contributed by atoms with Gasteiger partial charge in [-0.2, -0.15) is 5.10 Å². The average molecular weight is 353 g/mol. The van der Waals surface area contributed by atoms with E-state index < -0.39 is 0 Å². The van der Waals surface area contributed by atoms with Crippen molar-refractivity contribution < 1.29 is 0 Å². The Morgan fingerprint density at radius 3 is 2.67 bits per heavy atom. The van der Waals surface area contributed by atoms with Crippen molar-refractivity contribution in [3.63, 3.8) is 0 Å². The second kappa shape index (κ2) is 6.38. The molecular weight excluding hydrogens is 338 g/mol. The molecule has 0 bridgehead atoms. The number of fused-ring (bicyclic) bond motifs is 1. The highest BCUT2D eigenvalue weighted by molar-refractivity contribution is 5.84. The first-order valence-corrected chi connectivity index (χ1v) is 8.46. The lowest BCUT2D eigenvalue weighted by atomic mass is 10.1. The molecule has 7 heteroatoms. The molecule has 3 heterocycles. The molecule has 130 valence electrons. The Morgan fingerprint density at radius 2 is 1.89 bits per heavy atom. The van der Waals surface area contributed by atoms with E-state index in [1.165, 1.54) is 0 Å². The van der Waals surface area contributed by atoms with Gasteiger partial charge in [0.2, 0.25) is 5.95 Å². The van der Waals surface area contributed by atoms with Gasteiger partial charge in [0.1, 0.15) is 0 Å². The molecule has 0 fully saturated rings. The summed E-state index contributed by atoms with van der Waals surface area (Å²) in [5.74, 6) is 0.558. The molecule has 0 atom stereocenters. The van der Waals surface area contributed by atoms with Gasteiger partial charge >= 0.3 is 0 Å². The molecule has 0 saturated carbocycles. The van der Waals surface area contributed by atoms with E-state index in [4.69, 9.17) is 0 Å². The smallest absolute Gasteiger partial charge is 0.227 e. The highest BCUT2D eigenvalue weighted by Gasteiger charge is 2.05. The summed E-state index contributed by atoms with van der Waals surface area (Å²) in [6.07, 6.45) is 10.9. The third-order valence-electron chi connectivity index (χ3n) is 4.34. The molecule has 0 aliphatic rings. The van der Waals surface area contributed by atoms with Crippen LogP contribution in [0.15, 0.2) is 79.8 Å². The first kappa shape index (κ1) is 15.3. The van der Waals surface area contributed by atoms with Crippen molar-refractivity contribution in [3.8, 4) is 16.8 Å². The quantitative estimate of drug-likeness (QED) is 0.511. The van der Waals surface area contributed by atoms with Crippen LogP contribution in [0.1, 0.15) is 0 Å². The van der Waals surface area contributed by atoms with Crippen LogP contribution in [0.2, 0.25) is 0 Å². The molecule has 5 aromatic rings. The van der Waals surface area contributed by atoms with Crippen molar-refractivity contribution in [2.75, 3.05) is 5.32 Å². The monoisotopic (exact) mass is 353 g/mol. The van der Waals surface area contributed by atoms with Gasteiger partial charge in [0, 0.05) is 47.1 Å². The lowest BCUT2D eigenvalue weighted by Crippen LogP contribution is -1.98. The Hall–Kier alpha value is -4.00. The fourth-order valence-corrected chi connectivity index (χ4v) is 2.93. The zero-order chi connectivity index (χ0) is 18.1. The summed E-state index contributed by atoms with van der Waals surface area (Å²) in [6.45, 7) is 0. The van der Waals surface area contributed by atoms with E-state index in [2.05, 4.69) is 30.5 Å². The molecule has 0 saturated heterocycles. The molecular formula is C20H15N7. The third-order valence-corrected chi connectivity index (χ3v) is 4.34. The van der Waals surface area contributed by atoms with E-state index >= 15 is 0 Å². The van der Waals surface area contributed by atoms with Crippen LogP contribution in [0.4, 0.5) is 11.6 Å². The molecule has 2 N–H and O–H groups in total. The Balaban J connectivity index is 1.43. The van der Waals surface area contributed by atoms with E-state index in [-0.39, 0.29) is 0 Å². The number of aromatic nitrogens is 6. The predicted octanol–water partition coefficient (Wildman–Crippen LogP) is 3.95. The number of H-pyrrole nitrogens is 1. The lowest BCUT2D eigenvalue weighted by molar-refractivity contribution is 1.06. The van der Waals surface area contributed by atoms with Gasteiger partial charge in [-0.3, -0.25) is 5.10 Å². The third kappa shape index (κ3) is 3.02. The van der Waals surface area contributed by atoms with E-state index in [0.717, 1.165) is 33.4 Å². The molecule has 0 spiro atoms. The number of nitrogens with zero attached hydrogens (tertiary/aromatic N) is 5. The highest BCUT2D eigenvalue weighted by Crippen LogP contribution is 2.24. The van der Waals surface area contributed by atoms with Crippen LogP contribution in [0, 0.1) is 0 Å². The highest BCUT2D eigenvalue weighted by atomic mass is 15.1. The van der Waals surface area contributed by atoms with Gasteiger partial charge in [0.05, 0.1) is 18.0 Å². The summed E-state index contributed by atoms with van der Waals surface area (Å²) in [5, 5.41) is 11.1. The minimum Gasteiger partial charge on any atom is -0.324 e. The number of imidazole rings is 1. The lowest BCUT2D eigenvalue weighted by Gasteiger charge is -2.08. The SMILES string of the molecule is c1cn(-c2ccc(Nc3ncc4ccc(-c5cn[nH]c5)cc4n3)cc2)cn1. The maximum Gasteiger partial charge on any atom is 0.227 e. The van der Waals surface area contributed by atoms with E-state index in [0.29, 0.717) is 5.95 Å². The second-order valence-electron chi connectivity index (χ2n) is 6.10. The number of hydrogen-bond donors (Lipinski definition) is 2. The van der Waals surface area contributed by atoms with Crippen LogP contribution in [0.25, 0.3) is 27.7 Å². The van der Waals surface area contributed by atoms with Crippen molar-refractivity contribution in [3.05, 3.63) is 79.8 Å². The number of aromatic amines is 1. The van der Waals surface area contributed by atoms with Crippen molar-refractivity contribution in [2.45, 2.75) is 0 Å². The number of anilines is 2. The van der Waals surface area contributed by atoms with E-state index in [9.17, 15) is 0 Å². The van der Waals surface area contributed by atoms with Gasteiger partial charge < -0.3 is 9.88 Å².